The topological polar surface area (TPSA) is 109 Å². The molecular formula is C26H28F3N7O3. The molecule has 5 rings (SSSR count). The molecule has 0 N–H and O–H groups in total. The summed E-state index contributed by atoms with van der Waals surface area (Å²) in [4.78, 5) is 28.6. The highest BCUT2D eigenvalue weighted by Crippen LogP contribution is 2.38. The second kappa shape index (κ2) is 10.8. The fraction of sp³-hybridized carbons (Fsp3) is 0.500. The van der Waals surface area contributed by atoms with Crippen LogP contribution in [0.25, 0.3) is 22.3 Å². The number of aromatic nitrogens is 4. The van der Waals surface area contributed by atoms with Gasteiger partial charge in [-0.2, -0.15) is 18.4 Å². The van der Waals surface area contributed by atoms with E-state index in [0.29, 0.717) is 30.5 Å². The lowest BCUT2D eigenvalue weighted by molar-refractivity contribution is -0.139. The Bertz CT molecular complexity index is 1440. The number of hydrogen-bond acceptors (Lipinski definition) is 8. The van der Waals surface area contributed by atoms with E-state index in [4.69, 9.17) is 10.8 Å². The number of fused-ring (bicyclic) bond motifs is 1. The van der Waals surface area contributed by atoms with Gasteiger partial charge in [0.2, 0.25) is 17.6 Å². The summed E-state index contributed by atoms with van der Waals surface area (Å²) in [5.74, 6) is -0.748. The quantitative estimate of drug-likeness (QED) is 0.418. The van der Waals surface area contributed by atoms with Crippen LogP contribution in [-0.2, 0) is 22.8 Å². The third-order valence-electron chi connectivity index (χ3n) is 7.04. The molecule has 206 valence electrons. The minimum atomic E-state index is -4.75. The van der Waals surface area contributed by atoms with E-state index in [1.165, 1.54) is 6.20 Å². The summed E-state index contributed by atoms with van der Waals surface area (Å²) in [5, 5.41) is 9.78. The van der Waals surface area contributed by atoms with Crippen LogP contribution in [0.15, 0.2) is 24.5 Å². The van der Waals surface area contributed by atoms with E-state index in [-0.39, 0.29) is 55.4 Å². The normalized spacial score (nSPS) is 20.4. The maximum Gasteiger partial charge on any atom is 0.421 e. The van der Waals surface area contributed by atoms with Crippen molar-refractivity contribution in [2.24, 2.45) is 7.05 Å². The fourth-order valence-electron chi connectivity index (χ4n) is 5.04. The van der Waals surface area contributed by atoms with Gasteiger partial charge in [-0.1, -0.05) is 0 Å². The molecule has 2 aliphatic heterocycles. The summed E-state index contributed by atoms with van der Waals surface area (Å²) in [6, 6.07) is 4.15. The van der Waals surface area contributed by atoms with Gasteiger partial charge in [0, 0.05) is 44.9 Å². The molecule has 0 saturated carbocycles. The van der Waals surface area contributed by atoms with E-state index in [0.717, 1.165) is 25.5 Å². The predicted molar refractivity (Wildman–Crippen MR) is 134 cm³/mol. The zero-order valence-corrected chi connectivity index (χ0v) is 21.3. The molecule has 2 saturated heterocycles. The minimum Gasteiger partial charge on any atom is -0.475 e. The summed E-state index contributed by atoms with van der Waals surface area (Å²) in [6.45, 7) is 1.55. The molecule has 2 aliphatic rings. The van der Waals surface area contributed by atoms with E-state index < -0.39 is 17.6 Å². The number of likely N-dealkylation sites (tertiary alicyclic amines) is 2. The third kappa shape index (κ3) is 5.53. The van der Waals surface area contributed by atoms with Crippen molar-refractivity contribution >= 4 is 16.9 Å². The van der Waals surface area contributed by atoms with Crippen LogP contribution in [0.3, 0.4) is 0 Å². The molecule has 39 heavy (non-hydrogen) atoms. The van der Waals surface area contributed by atoms with Crippen LogP contribution in [0.4, 0.5) is 13.2 Å². The molecule has 2 fully saturated rings. The van der Waals surface area contributed by atoms with Crippen molar-refractivity contribution in [3.63, 3.8) is 0 Å². The van der Waals surface area contributed by atoms with Gasteiger partial charge in [0.1, 0.15) is 23.9 Å². The first-order valence-electron chi connectivity index (χ1n) is 13.3. The summed E-state index contributed by atoms with van der Waals surface area (Å²) < 4.78 is 62.3. The number of rotatable bonds is 7. The first-order chi connectivity index (χ1) is 19.2. The van der Waals surface area contributed by atoms with Crippen LogP contribution in [0, 0.1) is 11.3 Å². The van der Waals surface area contributed by atoms with Crippen molar-refractivity contribution in [1.29, 1.82) is 5.26 Å². The van der Waals surface area contributed by atoms with E-state index >= 15 is 0 Å². The molecule has 13 heteroatoms. The SMILES string of the molecule is [2H]CN1CCC[C@H]1C(=O)N1CC[C@H](OCCOc2ncc(-c3nc(C#N)nc4c3ccn4C)cc2C(F)(F)F)C1. The number of carbonyl (C=O) groups is 1. The van der Waals surface area contributed by atoms with Gasteiger partial charge in [0.25, 0.3) is 0 Å². The lowest BCUT2D eigenvalue weighted by atomic mass is 10.1. The van der Waals surface area contributed by atoms with Gasteiger partial charge in [-0.3, -0.25) is 9.69 Å². The lowest BCUT2D eigenvalue weighted by Gasteiger charge is -2.25. The molecule has 0 spiro atoms. The zero-order valence-electron chi connectivity index (χ0n) is 22.3. The van der Waals surface area contributed by atoms with Crippen LogP contribution in [0.2, 0.25) is 0 Å². The Morgan fingerprint density at radius 1 is 1.28 bits per heavy atom. The van der Waals surface area contributed by atoms with Crippen molar-refractivity contribution in [2.75, 3.05) is 39.9 Å². The Morgan fingerprint density at radius 3 is 2.90 bits per heavy atom. The number of alkyl halides is 3. The van der Waals surface area contributed by atoms with E-state index in [9.17, 15) is 23.2 Å². The zero-order chi connectivity index (χ0) is 28.4. The van der Waals surface area contributed by atoms with Crippen molar-refractivity contribution < 1.29 is 28.8 Å². The van der Waals surface area contributed by atoms with Crippen molar-refractivity contribution in [3.8, 4) is 23.2 Å². The summed E-state index contributed by atoms with van der Waals surface area (Å²) in [6.07, 6.45) is 0.179. The van der Waals surface area contributed by atoms with Crippen LogP contribution in [-0.4, -0.2) is 87.2 Å². The molecule has 5 heterocycles. The Kier molecular flexibility index (Phi) is 7.05. The molecular weight excluding hydrogens is 515 g/mol. The maximum absolute atomic E-state index is 14.0. The number of pyridine rings is 1. The Labute approximate surface area is 224 Å². The molecule has 10 nitrogen and oxygen atoms in total. The fourth-order valence-corrected chi connectivity index (χ4v) is 5.04. The van der Waals surface area contributed by atoms with Gasteiger partial charge < -0.3 is 18.9 Å². The van der Waals surface area contributed by atoms with Gasteiger partial charge in [0.05, 0.1) is 24.4 Å². The number of hydrogen-bond donors (Lipinski definition) is 0. The highest BCUT2D eigenvalue weighted by Gasteiger charge is 2.37. The van der Waals surface area contributed by atoms with Crippen molar-refractivity contribution in [2.45, 2.75) is 37.6 Å². The lowest BCUT2D eigenvalue weighted by Crippen LogP contribution is -2.43. The molecule has 0 aliphatic carbocycles. The third-order valence-corrected chi connectivity index (χ3v) is 7.04. The maximum atomic E-state index is 14.0. The van der Waals surface area contributed by atoms with E-state index in [1.807, 2.05) is 11.0 Å². The van der Waals surface area contributed by atoms with Gasteiger partial charge >= 0.3 is 6.18 Å². The number of ether oxygens (including phenoxy) is 2. The molecule has 3 aromatic heterocycles. The van der Waals surface area contributed by atoms with Crippen molar-refractivity contribution in [1.82, 2.24) is 29.3 Å². The number of amides is 1. The largest absolute Gasteiger partial charge is 0.475 e. The number of aryl methyl sites for hydroxylation is 1. The Balaban J connectivity index is 1.23. The standard InChI is InChI=1S/C26H28F3N7O3/c1-34-7-3-4-20(34)25(37)36-9-5-17(15-36)38-10-11-39-24-19(26(27,28)29)12-16(14-31-24)22-18-6-8-35(2)23(18)33-21(13-30)32-22/h6,8,12,14,17,20H,3-5,7,9-11,15H2,1-2H3/t17-,20-/m0/s1/i1D. The average molecular weight is 545 g/mol. The summed E-state index contributed by atoms with van der Waals surface area (Å²) in [7, 11) is 1.80. The van der Waals surface area contributed by atoms with Crippen molar-refractivity contribution in [3.05, 3.63) is 35.9 Å². The number of likely N-dealkylation sites (N-methyl/N-ethyl adjacent to an activating group) is 1. The Morgan fingerprint density at radius 2 is 2.13 bits per heavy atom. The monoisotopic (exact) mass is 544 g/mol. The van der Waals surface area contributed by atoms with Gasteiger partial charge in [-0.25, -0.2) is 15.0 Å². The smallest absolute Gasteiger partial charge is 0.421 e. The number of halogens is 3. The van der Waals surface area contributed by atoms with E-state index in [1.54, 1.807) is 28.8 Å². The highest BCUT2D eigenvalue weighted by atomic mass is 19.4. The first kappa shape index (κ1) is 25.5. The second-order valence-electron chi connectivity index (χ2n) is 9.63. The Hall–Kier alpha value is -3.76. The van der Waals surface area contributed by atoms with Gasteiger partial charge in [0.15, 0.2) is 0 Å². The number of nitriles is 1. The molecule has 2 atom stereocenters. The summed E-state index contributed by atoms with van der Waals surface area (Å²) >= 11 is 0. The highest BCUT2D eigenvalue weighted by molar-refractivity contribution is 5.91. The average Bonchev–Trinajstić information content (AvgIpc) is 3.70. The molecule has 0 radical (unpaired) electrons. The molecule has 0 unspecified atom stereocenters. The van der Waals surface area contributed by atoms with Crippen LogP contribution in [0.1, 0.15) is 32.0 Å². The molecule has 1 amide bonds. The first-order valence-corrected chi connectivity index (χ1v) is 12.6. The van der Waals surface area contributed by atoms with Gasteiger partial charge in [-0.05, 0) is 45.0 Å². The number of nitrogens with zero attached hydrogens (tertiary/aromatic N) is 7. The second-order valence-corrected chi connectivity index (χ2v) is 9.63. The molecule has 3 aromatic rings. The minimum absolute atomic E-state index is 0.00423. The summed E-state index contributed by atoms with van der Waals surface area (Å²) in [5.41, 5.74) is -0.414. The van der Waals surface area contributed by atoms with Crippen LogP contribution >= 0.6 is 0 Å². The van der Waals surface area contributed by atoms with Crippen LogP contribution in [0.5, 0.6) is 5.88 Å². The van der Waals surface area contributed by atoms with Gasteiger partial charge in [-0.15, -0.1) is 0 Å². The molecule has 0 aromatic carbocycles. The predicted octanol–water partition coefficient (Wildman–Crippen LogP) is 3.01. The number of carbonyl (C=O) groups excluding carboxylic acids is 1. The van der Waals surface area contributed by atoms with Crippen LogP contribution < -0.4 is 4.74 Å². The van der Waals surface area contributed by atoms with E-state index in [2.05, 4.69) is 15.0 Å². The molecule has 0 bridgehead atoms.